The summed E-state index contributed by atoms with van der Waals surface area (Å²) in [5, 5.41) is 2.47. The third-order valence-corrected chi connectivity index (χ3v) is 4.59. The molecule has 0 saturated carbocycles. The standard InChI is InChI=1S/C18H15FN4O3.C5H4ClFN2/c1-12-14(19)10-20-17(21-12)23-9-5-8-15(16(23)24)22-18(25)26-11-13-6-3-2-4-7-13;1-3-4(7)2-8-5(6)9-3/h2-10H,11H2,1H3,(H,22,25);2H,1H3. The number of ether oxygens (including phenoxy) is 1. The SMILES string of the molecule is Cc1nc(-n2cccc(NC(=O)OCc3ccccc3)c2=O)ncc1F.Cc1nc(Cl)ncc1F. The molecule has 0 radical (unpaired) electrons. The second-order valence-electron chi connectivity index (χ2n) is 6.96. The molecule has 4 rings (SSSR count). The number of aromatic nitrogens is 5. The van der Waals surface area contributed by atoms with Crippen molar-refractivity contribution in [2.45, 2.75) is 20.5 Å². The van der Waals surface area contributed by atoms with Crippen LogP contribution in [0.1, 0.15) is 17.0 Å². The zero-order valence-corrected chi connectivity index (χ0v) is 19.3. The molecule has 1 N–H and O–H groups in total. The van der Waals surface area contributed by atoms with Crippen LogP contribution in [0.15, 0.2) is 65.8 Å². The Bertz CT molecular complexity index is 1390. The Kier molecular flexibility index (Phi) is 8.52. The number of benzene rings is 1. The Balaban J connectivity index is 0.000000320. The van der Waals surface area contributed by atoms with Gasteiger partial charge in [0.25, 0.3) is 5.56 Å². The van der Waals surface area contributed by atoms with Crippen molar-refractivity contribution >= 4 is 23.4 Å². The van der Waals surface area contributed by atoms with Gasteiger partial charge in [0.2, 0.25) is 11.2 Å². The number of hydrogen-bond acceptors (Lipinski definition) is 7. The number of aryl methyl sites for hydroxylation is 2. The smallest absolute Gasteiger partial charge is 0.412 e. The predicted molar refractivity (Wildman–Crippen MR) is 124 cm³/mol. The molecule has 0 bridgehead atoms. The molecule has 1 amide bonds. The fraction of sp³-hybridized carbons (Fsp3) is 0.130. The number of amides is 1. The van der Waals surface area contributed by atoms with Crippen molar-refractivity contribution in [2.75, 3.05) is 5.32 Å². The van der Waals surface area contributed by atoms with E-state index in [9.17, 15) is 18.4 Å². The van der Waals surface area contributed by atoms with Crippen LogP contribution < -0.4 is 10.9 Å². The van der Waals surface area contributed by atoms with E-state index in [2.05, 4.69) is 25.3 Å². The molecule has 0 spiro atoms. The second-order valence-corrected chi connectivity index (χ2v) is 7.30. The lowest BCUT2D eigenvalue weighted by Crippen LogP contribution is -2.26. The summed E-state index contributed by atoms with van der Waals surface area (Å²) in [6, 6.07) is 12.1. The third-order valence-electron chi connectivity index (χ3n) is 4.41. The minimum absolute atomic E-state index is 0.00357. The predicted octanol–water partition coefficient (Wildman–Crippen LogP) is 4.40. The van der Waals surface area contributed by atoms with Gasteiger partial charge >= 0.3 is 6.09 Å². The molecule has 0 atom stereocenters. The van der Waals surface area contributed by atoms with Gasteiger partial charge in [-0.1, -0.05) is 30.3 Å². The molecule has 0 aliphatic carbocycles. The maximum atomic E-state index is 13.3. The van der Waals surface area contributed by atoms with Crippen molar-refractivity contribution in [2.24, 2.45) is 0 Å². The number of halogens is 3. The third kappa shape index (κ3) is 7.11. The molecule has 180 valence electrons. The van der Waals surface area contributed by atoms with Crippen LogP contribution in [0.2, 0.25) is 5.28 Å². The average molecular weight is 501 g/mol. The second kappa shape index (κ2) is 11.7. The van der Waals surface area contributed by atoms with E-state index in [1.54, 1.807) is 0 Å². The average Bonchev–Trinajstić information content (AvgIpc) is 2.84. The first-order valence-corrected chi connectivity index (χ1v) is 10.5. The zero-order valence-electron chi connectivity index (χ0n) is 18.6. The van der Waals surface area contributed by atoms with Crippen LogP contribution in [0, 0.1) is 25.5 Å². The molecular weight excluding hydrogens is 482 g/mol. The van der Waals surface area contributed by atoms with Crippen molar-refractivity contribution < 1.29 is 18.3 Å². The van der Waals surface area contributed by atoms with Crippen LogP contribution in [0.4, 0.5) is 19.3 Å². The summed E-state index contributed by atoms with van der Waals surface area (Å²) in [7, 11) is 0. The summed E-state index contributed by atoms with van der Waals surface area (Å²) in [6.45, 7) is 3.07. The van der Waals surface area contributed by atoms with Crippen molar-refractivity contribution in [1.29, 1.82) is 0 Å². The van der Waals surface area contributed by atoms with Gasteiger partial charge < -0.3 is 4.74 Å². The Labute approximate surface area is 203 Å². The van der Waals surface area contributed by atoms with Gasteiger partial charge in [0.1, 0.15) is 12.3 Å². The van der Waals surface area contributed by atoms with E-state index in [1.807, 2.05) is 30.3 Å². The van der Waals surface area contributed by atoms with E-state index in [0.29, 0.717) is 0 Å². The summed E-state index contributed by atoms with van der Waals surface area (Å²) < 4.78 is 31.8. The highest BCUT2D eigenvalue weighted by molar-refractivity contribution is 6.28. The number of rotatable bonds is 4. The molecule has 0 fully saturated rings. The molecule has 0 aliphatic rings. The van der Waals surface area contributed by atoms with Gasteiger partial charge in [-0.2, -0.15) is 0 Å². The van der Waals surface area contributed by atoms with Crippen LogP contribution in [-0.4, -0.2) is 30.6 Å². The number of carbonyl (C=O) groups is 1. The monoisotopic (exact) mass is 500 g/mol. The molecule has 4 aromatic rings. The summed E-state index contributed by atoms with van der Waals surface area (Å²) >= 11 is 5.33. The number of nitrogens with zero attached hydrogens (tertiary/aromatic N) is 5. The topological polar surface area (TPSA) is 112 Å². The van der Waals surface area contributed by atoms with E-state index in [1.165, 1.54) is 32.2 Å². The maximum Gasteiger partial charge on any atom is 0.412 e. The maximum absolute atomic E-state index is 13.3. The lowest BCUT2D eigenvalue weighted by molar-refractivity contribution is 0.155. The molecular formula is C23H19ClF2N6O3. The van der Waals surface area contributed by atoms with Crippen LogP contribution in [0.5, 0.6) is 0 Å². The molecule has 0 aliphatic heterocycles. The van der Waals surface area contributed by atoms with Gasteiger partial charge in [-0.15, -0.1) is 0 Å². The molecule has 3 heterocycles. The molecule has 35 heavy (non-hydrogen) atoms. The van der Waals surface area contributed by atoms with Gasteiger partial charge in [-0.3, -0.25) is 14.7 Å². The minimum atomic E-state index is -0.764. The first-order chi connectivity index (χ1) is 16.7. The highest BCUT2D eigenvalue weighted by atomic mass is 35.5. The summed E-state index contributed by atoms with van der Waals surface area (Å²) in [5.41, 5.74) is 0.646. The highest BCUT2D eigenvalue weighted by Gasteiger charge is 2.12. The number of pyridine rings is 1. The van der Waals surface area contributed by atoms with Gasteiger partial charge in [0.15, 0.2) is 11.6 Å². The Morgan fingerprint density at radius 1 is 1.00 bits per heavy atom. The lowest BCUT2D eigenvalue weighted by atomic mass is 10.2. The fourth-order valence-corrected chi connectivity index (χ4v) is 2.77. The summed E-state index contributed by atoms with van der Waals surface area (Å²) in [4.78, 5) is 39.1. The highest BCUT2D eigenvalue weighted by Crippen LogP contribution is 2.08. The van der Waals surface area contributed by atoms with E-state index in [4.69, 9.17) is 16.3 Å². The molecule has 9 nitrogen and oxygen atoms in total. The Hall–Kier alpha value is -4.25. The van der Waals surface area contributed by atoms with Crippen LogP contribution in [0.3, 0.4) is 0 Å². The normalized spacial score (nSPS) is 10.2. The largest absolute Gasteiger partial charge is 0.444 e. The number of carbonyl (C=O) groups excluding carboxylic acids is 1. The molecule has 1 aromatic carbocycles. The minimum Gasteiger partial charge on any atom is -0.444 e. The number of nitrogens with one attached hydrogen (secondary N) is 1. The molecule has 0 unspecified atom stereocenters. The Morgan fingerprint density at radius 2 is 1.66 bits per heavy atom. The number of anilines is 1. The van der Waals surface area contributed by atoms with E-state index < -0.39 is 23.3 Å². The summed E-state index contributed by atoms with van der Waals surface area (Å²) in [5.74, 6) is -0.991. The van der Waals surface area contributed by atoms with E-state index >= 15 is 0 Å². The molecule has 0 saturated heterocycles. The zero-order chi connectivity index (χ0) is 25.4. The van der Waals surface area contributed by atoms with Crippen LogP contribution in [0.25, 0.3) is 5.95 Å². The van der Waals surface area contributed by atoms with Crippen molar-refractivity contribution in [3.63, 3.8) is 0 Å². The van der Waals surface area contributed by atoms with Gasteiger partial charge in [-0.05, 0) is 43.1 Å². The van der Waals surface area contributed by atoms with Crippen molar-refractivity contribution in [1.82, 2.24) is 24.5 Å². The number of hydrogen-bond donors (Lipinski definition) is 1. The molecule has 12 heteroatoms. The van der Waals surface area contributed by atoms with Crippen LogP contribution in [-0.2, 0) is 11.3 Å². The van der Waals surface area contributed by atoms with Crippen molar-refractivity contribution in [3.8, 4) is 5.95 Å². The van der Waals surface area contributed by atoms with Crippen LogP contribution >= 0.6 is 11.6 Å². The quantitative estimate of drug-likeness (QED) is 0.413. The van der Waals surface area contributed by atoms with E-state index in [0.717, 1.165) is 22.5 Å². The fourth-order valence-electron chi connectivity index (χ4n) is 2.60. The first-order valence-electron chi connectivity index (χ1n) is 10.1. The van der Waals surface area contributed by atoms with E-state index in [-0.39, 0.29) is 34.9 Å². The van der Waals surface area contributed by atoms with Gasteiger partial charge in [0.05, 0.1) is 23.8 Å². The summed E-state index contributed by atoms with van der Waals surface area (Å²) in [6.07, 6.45) is 2.69. The van der Waals surface area contributed by atoms with Gasteiger partial charge in [-0.25, -0.2) is 33.5 Å². The molecule has 3 aromatic heterocycles. The van der Waals surface area contributed by atoms with Gasteiger partial charge in [0, 0.05) is 6.20 Å². The first kappa shape index (κ1) is 25.4. The van der Waals surface area contributed by atoms with Crippen molar-refractivity contribution in [3.05, 3.63) is 105 Å². The lowest BCUT2D eigenvalue weighted by Gasteiger charge is -2.09. The Morgan fingerprint density at radius 3 is 2.29 bits per heavy atom.